The van der Waals surface area contributed by atoms with Gasteiger partial charge in [0.05, 0.1) is 11.8 Å². The molecule has 2 N–H and O–H groups in total. The summed E-state index contributed by atoms with van der Waals surface area (Å²) in [6.45, 7) is 3.83. The van der Waals surface area contributed by atoms with Gasteiger partial charge in [-0.2, -0.15) is 0 Å². The Labute approximate surface area is 127 Å². The first kappa shape index (κ1) is 16.7. The average molecular weight is 342 g/mol. The van der Waals surface area contributed by atoms with E-state index in [1.165, 1.54) is 0 Å². The largest absolute Gasteiger partial charge is 0.481 e. The fourth-order valence-corrected chi connectivity index (χ4v) is 2.45. The molecule has 4 nitrogen and oxygen atoms in total. The van der Waals surface area contributed by atoms with Gasteiger partial charge in [-0.05, 0) is 24.5 Å². The summed E-state index contributed by atoms with van der Waals surface area (Å²) in [6, 6.07) is 7.50. The van der Waals surface area contributed by atoms with E-state index in [-0.39, 0.29) is 18.9 Å². The van der Waals surface area contributed by atoms with E-state index in [0.29, 0.717) is 12.8 Å². The first-order chi connectivity index (χ1) is 9.45. The molecule has 110 valence electrons. The monoisotopic (exact) mass is 341 g/mol. The highest BCUT2D eigenvalue weighted by atomic mass is 79.9. The third-order valence-corrected chi connectivity index (χ3v) is 4.51. The maximum Gasteiger partial charge on any atom is 0.311 e. The third-order valence-electron chi connectivity index (χ3n) is 3.74. The van der Waals surface area contributed by atoms with Gasteiger partial charge in [0.2, 0.25) is 5.91 Å². The lowest BCUT2D eigenvalue weighted by Gasteiger charge is -2.26. The minimum Gasteiger partial charge on any atom is -0.481 e. The van der Waals surface area contributed by atoms with Gasteiger partial charge in [-0.15, -0.1) is 0 Å². The van der Waals surface area contributed by atoms with E-state index in [9.17, 15) is 14.7 Å². The van der Waals surface area contributed by atoms with Crippen molar-refractivity contribution in [3.63, 3.8) is 0 Å². The van der Waals surface area contributed by atoms with Gasteiger partial charge < -0.3 is 10.4 Å². The highest BCUT2D eigenvalue weighted by Crippen LogP contribution is 2.25. The molecule has 0 saturated heterocycles. The molecule has 0 saturated carbocycles. The second-order valence-electron chi connectivity index (χ2n) is 4.84. The Hall–Kier alpha value is -1.36. The summed E-state index contributed by atoms with van der Waals surface area (Å²) >= 11 is 3.39. The Bertz CT molecular complexity index is 484. The van der Waals surface area contributed by atoms with Crippen LogP contribution in [-0.2, 0) is 16.0 Å². The smallest absolute Gasteiger partial charge is 0.311 e. The molecule has 0 heterocycles. The zero-order chi connectivity index (χ0) is 15.2. The molecule has 0 fully saturated rings. The van der Waals surface area contributed by atoms with Gasteiger partial charge >= 0.3 is 5.97 Å². The number of carboxylic acids is 1. The molecule has 1 rings (SSSR count). The second kappa shape index (κ2) is 7.43. The summed E-state index contributed by atoms with van der Waals surface area (Å²) in [5.74, 6) is -1.02. The van der Waals surface area contributed by atoms with Crippen LogP contribution in [0, 0.1) is 5.41 Å². The van der Waals surface area contributed by atoms with Gasteiger partial charge in [-0.3, -0.25) is 9.59 Å². The molecule has 0 aromatic heterocycles. The fourth-order valence-electron chi connectivity index (χ4n) is 2.02. The van der Waals surface area contributed by atoms with E-state index in [1.807, 2.05) is 38.1 Å². The number of halogens is 1. The first-order valence-corrected chi connectivity index (χ1v) is 7.48. The molecule has 1 aromatic rings. The summed E-state index contributed by atoms with van der Waals surface area (Å²) in [6.07, 6.45) is 1.23. The highest BCUT2D eigenvalue weighted by molar-refractivity contribution is 9.10. The normalized spacial score (nSPS) is 11.2. The molecule has 1 amide bonds. The van der Waals surface area contributed by atoms with Crippen molar-refractivity contribution < 1.29 is 14.7 Å². The summed E-state index contributed by atoms with van der Waals surface area (Å²) in [5, 5.41) is 12.1. The van der Waals surface area contributed by atoms with E-state index in [2.05, 4.69) is 21.2 Å². The Morgan fingerprint density at radius 3 is 2.35 bits per heavy atom. The van der Waals surface area contributed by atoms with Crippen molar-refractivity contribution in [1.29, 1.82) is 0 Å². The van der Waals surface area contributed by atoms with Crippen LogP contribution in [0.4, 0.5) is 0 Å². The molecule has 5 heteroatoms. The number of hydrogen-bond acceptors (Lipinski definition) is 2. The molecule has 1 aromatic carbocycles. The summed E-state index contributed by atoms with van der Waals surface area (Å²) < 4.78 is 0.880. The maximum atomic E-state index is 11.9. The third kappa shape index (κ3) is 4.07. The van der Waals surface area contributed by atoms with E-state index >= 15 is 0 Å². The van der Waals surface area contributed by atoms with Crippen LogP contribution < -0.4 is 5.32 Å². The second-order valence-corrected chi connectivity index (χ2v) is 5.69. The van der Waals surface area contributed by atoms with Crippen LogP contribution in [0.2, 0.25) is 0 Å². The number of rotatable bonds is 7. The molecule has 0 atom stereocenters. The number of hydrogen-bond donors (Lipinski definition) is 2. The molecule has 0 aliphatic rings. The van der Waals surface area contributed by atoms with Crippen molar-refractivity contribution in [2.45, 2.75) is 33.1 Å². The molecule has 0 aliphatic heterocycles. The van der Waals surface area contributed by atoms with Crippen molar-refractivity contribution in [3.8, 4) is 0 Å². The SMILES string of the molecule is CCC(CC)(CNC(=O)Cc1ccccc1Br)C(=O)O. The summed E-state index contributed by atoms with van der Waals surface area (Å²) in [7, 11) is 0. The van der Waals surface area contributed by atoms with Crippen molar-refractivity contribution >= 4 is 27.8 Å². The predicted octanol–water partition coefficient (Wildman–Crippen LogP) is 3.00. The Morgan fingerprint density at radius 2 is 1.85 bits per heavy atom. The van der Waals surface area contributed by atoms with Gasteiger partial charge in [-0.1, -0.05) is 48.0 Å². The van der Waals surface area contributed by atoms with Gasteiger partial charge in [0.15, 0.2) is 0 Å². The number of nitrogens with one attached hydrogen (secondary N) is 1. The number of carbonyl (C=O) groups excluding carboxylic acids is 1. The summed E-state index contributed by atoms with van der Waals surface area (Å²) in [5.41, 5.74) is 0.0164. The van der Waals surface area contributed by atoms with Gasteiger partial charge in [0.25, 0.3) is 0 Å². The molecule has 20 heavy (non-hydrogen) atoms. The Kier molecular flexibility index (Phi) is 6.20. The van der Waals surface area contributed by atoms with Crippen LogP contribution >= 0.6 is 15.9 Å². The minimum absolute atomic E-state index is 0.163. The average Bonchev–Trinajstić information content (AvgIpc) is 2.43. The van der Waals surface area contributed by atoms with E-state index < -0.39 is 11.4 Å². The quantitative estimate of drug-likeness (QED) is 0.801. The topological polar surface area (TPSA) is 66.4 Å². The van der Waals surface area contributed by atoms with Crippen molar-refractivity contribution in [1.82, 2.24) is 5.32 Å². The number of carbonyl (C=O) groups is 2. The van der Waals surface area contributed by atoms with Crippen LogP contribution in [0.3, 0.4) is 0 Å². The Balaban J connectivity index is 2.63. The van der Waals surface area contributed by atoms with E-state index in [1.54, 1.807) is 0 Å². The van der Waals surface area contributed by atoms with E-state index in [0.717, 1.165) is 10.0 Å². The number of aliphatic carboxylic acids is 1. The molecule has 0 aliphatic carbocycles. The fraction of sp³-hybridized carbons (Fsp3) is 0.467. The molecule has 0 bridgehead atoms. The van der Waals surface area contributed by atoms with Crippen LogP contribution in [0.25, 0.3) is 0 Å². The number of carboxylic acid groups (broad SMARTS) is 1. The lowest BCUT2D eigenvalue weighted by atomic mass is 9.82. The molecular weight excluding hydrogens is 322 g/mol. The van der Waals surface area contributed by atoms with Gasteiger partial charge in [0, 0.05) is 11.0 Å². The van der Waals surface area contributed by atoms with Crippen LogP contribution in [-0.4, -0.2) is 23.5 Å². The predicted molar refractivity (Wildman–Crippen MR) is 81.5 cm³/mol. The standard InChI is InChI=1S/C15H20BrNO3/c1-3-15(4-2,14(19)20)10-17-13(18)9-11-7-5-6-8-12(11)16/h5-8H,3-4,9-10H2,1-2H3,(H,17,18)(H,19,20). The number of amides is 1. The lowest BCUT2D eigenvalue weighted by molar-refractivity contribution is -0.149. The molecular formula is C15H20BrNO3. The molecule has 0 unspecified atom stereocenters. The van der Waals surface area contributed by atoms with Gasteiger partial charge in [0.1, 0.15) is 0 Å². The van der Waals surface area contributed by atoms with Crippen molar-refractivity contribution in [2.75, 3.05) is 6.54 Å². The van der Waals surface area contributed by atoms with Crippen LogP contribution in [0.5, 0.6) is 0 Å². The first-order valence-electron chi connectivity index (χ1n) is 6.68. The zero-order valence-electron chi connectivity index (χ0n) is 11.8. The van der Waals surface area contributed by atoms with Crippen LogP contribution in [0.15, 0.2) is 28.7 Å². The Morgan fingerprint density at radius 1 is 1.25 bits per heavy atom. The highest BCUT2D eigenvalue weighted by Gasteiger charge is 2.35. The zero-order valence-corrected chi connectivity index (χ0v) is 13.4. The van der Waals surface area contributed by atoms with Crippen molar-refractivity contribution in [2.24, 2.45) is 5.41 Å². The van der Waals surface area contributed by atoms with Gasteiger partial charge in [-0.25, -0.2) is 0 Å². The van der Waals surface area contributed by atoms with E-state index in [4.69, 9.17) is 0 Å². The summed E-state index contributed by atoms with van der Waals surface area (Å²) in [4.78, 5) is 23.3. The van der Waals surface area contributed by atoms with Crippen molar-refractivity contribution in [3.05, 3.63) is 34.3 Å². The maximum absolute atomic E-state index is 11.9. The number of benzene rings is 1. The van der Waals surface area contributed by atoms with Crippen LogP contribution in [0.1, 0.15) is 32.3 Å². The lowest BCUT2D eigenvalue weighted by Crippen LogP contribution is -2.42. The molecule has 0 spiro atoms. The minimum atomic E-state index is -0.871. The molecule has 0 radical (unpaired) electrons.